The van der Waals surface area contributed by atoms with Crippen molar-refractivity contribution in [2.45, 2.75) is 13.0 Å². The van der Waals surface area contributed by atoms with Crippen molar-refractivity contribution in [2.75, 3.05) is 13.7 Å². The van der Waals surface area contributed by atoms with Crippen LogP contribution in [0.1, 0.15) is 6.92 Å². The van der Waals surface area contributed by atoms with Gasteiger partial charge in [0.15, 0.2) is 11.2 Å². The summed E-state index contributed by atoms with van der Waals surface area (Å²) in [6, 6.07) is 7.03. The Labute approximate surface area is 129 Å². The van der Waals surface area contributed by atoms with Crippen LogP contribution in [0.2, 0.25) is 0 Å². The van der Waals surface area contributed by atoms with E-state index >= 15 is 0 Å². The summed E-state index contributed by atoms with van der Waals surface area (Å²) in [5.41, 5.74) is 5.03. The second-order valence-corrected chi connectivity index (χ2v) is 4.46. The van der Waals surface area contributed by atoms with Crippen LogP contribution in [0.25, 0.3) is 0 Å². The van der Waals surface area contributed by atoms with Gasteiger partial charge in [-0.25, -0.2) is 0 Å². The van der Waals surface area contributed by atoms with Crippen LogP contribution in [0.15, 0.2) is 36.9 Å². The first-order valence-corrected chi connectivity index (χ1v) is 6.73. The smallest absolute Gasteiger partial charge is 0.279 e. The molecule has 1 atom stereocenters. The molecule has 1 rings (SSSR count). The first kappa shape index (κ1) is 16.8. The zero-order chi connectivity index (χ0) is 15.7. The average molecular weight is 309 g/mol. The van der Waals surface area contributed by atoms with Gasteiger partial charge in [0.05, 0.1) is 7.11 Å². The van der Waals surface area contributed by atoms with Gasteiger partial charge in [0.1, 0.15) is 11.5 Å². The summed E-state index contributed by atoms with van der Waals surface area (Å²) >= 11 is 4.94. The molecule has 0 aromatic heterocycles. The summed E-state index contributed by atoms with van der Waals surface area (Å²) in [4.78, 5) is 11.8. The van der Waals surface area contributed by atoms with Gasteiger partial charge in [-0.3, -0.25) is 15.6 Å². The van der Waals surface area contributed by atoms with Crippen LogP contribution in [0, 0.1) is 0 Å². The van der Waals surface area contributed by atoms with E-state index in [4.69, 9.17) is 21.7 Å². The average Bonchev–Trinajstić information content (AvgIpc) is 2.50. The van der Waals surface area contributed by atoms with Crippen LogP contribution in [-0.4, -0.2) is 30.8 Å². The number of rotatable bonds is 6. The van der Waals surface area contributed by atoms with Crippen molar-refractivity contribution in [1.29, 1.82) is 0 Å². The molecule has 0 aliphatic carbocycles. The second kappa shape index (κ2) is 8.80. The van der Waals surface area contributed by atoms with E-state index in [0.717, 1.165) is 0 Å². The topological polar surface area (TPSA) is 71.6 Å². The van der Waals surface area contributed by atoms with Crippen molar-refractivity contribution in [2.24, 2.45) is 0 Å². The van der Waals surface area contributed by atoms with Crippen LogP contribution in [0.5, 0.6) is 11.5 Å². The number of nitrogens with one attached hydrogen (secondary N) is 3. The predicted molar refractivity (Wildman–Crippen MR) is 85.2 cm³/mol. The van der Waals surface area contributed by atoms with E-state index in [9.17, 15) is 4.79 Å². The van der Waals surface area contributed by atoms with Crippen molar-refractivity contribution in [1.82, 2.24) is 16.2 Å². The lowest BCUT2D eigenvalue weighted by molar-refractivity contribution is -0.127. The Kier molecular flexibility index (Phi) is 7.03. The molecule has 0 aliphatic rings. The number of hydrazine groups is 1. The minimum atomic E-state index is -0.688. The minimum Gasteiger partial charge on any atom is -0.497 e. The Bertz CT molecular complexity index is 508. The van der Waals surface area contributed by atoms with Crippen molar-refractivity contribution >= 4 is 23.2 Å². The number of carbonyl (C=O) groups is 1. The van der Waals surface area contributed by atoms with E-state index in [-0.39, 0.29) is 5.91 Å². The van der Waals surface area contributed by atoms with E-state index in [1.54, 1.807) is 44.4 Å². The van der Waals surface area contributed by atoms with E-state index < -0.39 is 6.10 Å². The summed E-state index contributed by atoms with van der Waals surface area (Å²) in [5, 5.41) is 3.12. The third-order valence-corrected chi connectivity index (χ3v) is 2.68. The monoisotopic (exact) mass is 309 g/mol. The quantitative estimate of drug-likeness (QED) is 0.416. The number of hydrogen-bond donors (Lipinski definition) is 3. The Balaban J connectivity index is 2.43. The lowest BCUT2D eigenvalue weighted by atomic mass is 10.3. The molecule has 0 heterocycles. The van der Waals surface area contributed by atoms with Gasteiger partial charge in [-0.2, -0.15) is 0 Å². The SMILES string of the molecule is C=CCNC(=S)NNC(=O)[C@@H](C)Oc1cccc(OC)c1. The molecular weight excluding hydrogens is 290 g/mol. The molecule has 0 radical (unpaired) electrons. The van der Waals surface area contributed by atoms with E-state index in [1.165, 1.54) is 0 Å². The molecule has 0 aliphatic heterocycles. The van der Waals surface area contributed by atoms with Crippen LogP contribution >= 0.6 is 12.2 Å². The van der Waals surface area contributed by atoms with Gasteiger partial charge < -0.3 is 14.8 Å². The molecule has 0 fully saturated rings. The van der Waals surface area contributed by atoms with Gasteiger partial charge in [-0.1, -0.05) is 12.1 Å². The Morgan fingerprint density at radius 3 is 2.81 bits per heavy atom. The summed E-state index contributed by atoms with van der Waals surface area (Å²) in [6.45, 7) is 5.70. The largest absolute Gasteiger partial charge is 0.497 e. The van der Waals surface area contributed by atoms with E-state index in [0.29, 0.717) is 23.2 Å². The van der Waals surface area contributed by atoms with Gasteiger partial charge in [0, 0.05) is 12.6 Å². The molecule has 0 spiro atoms. The number of amides is 1. The van der Waals surface area contributed by atoms with Gasteiger partial charge in [-0.05, 0) is 31.3 Å². The number of methoxy groups -OCH3 is 1. The zero-order valence-corrected chi connectivity index (χ0v) is 12.8. The summed E-state index contributed by atoms with van der Waals surface area (Å²) < 4.78 is 10.6. The molecule has 6 nitrogen and oxygen atoms in total. The van der Waals surface area contributed by atoms with Crippen molar-refractivity contribution in [3.63, 3.8) is 0 Å². The minimum absolute atomic E-state index is 0.303. The molecule has 0 saturated heterocycles. The highest BCUT2D eigenvalue weighted by Gasteiger charge is 2.14. The van der Waals surface area contributed by atoms with E-state index in [1.807, 2.05) is 0 Å². The standard InChI is InChI=1S/C14H19N3O3S/c1-4-8-15-14(21)17-16-13(18)10(2)20-12-7-5-6-11(9-12)19-3/h4-7,9-10H,1,8H2,2-3H3,(H,16,18)(H2,15,17,21)/t10-/m1/s1. The number of benzene rings is 1. The Morgan fingerprint density at radius 1 is 1.43 bits per heavy atom. The number of hydrogen-bond acceptors (Lipinski definition) is 4. The maximum Gasteiger partial charge on any atom is 0.279 e. The van der Waals surface area contributed by atoms with Gasteiger partial charge in [-0.15, -0.1) is 6.58 Å². The molecule has 114 valence electrons. The lowest BCUT2D eigenvalue weighted by Crippen LogP contribution is -2.50. The summed E-state index contributed by atoms with van der Waals surface area (Å²) in [7, 11) is 1.57. The van der Waals surface area contributed by atoms with Crippen molar-refractivity contribution in [3.05, 3.63) is 36.9 Å². The first-order valence-electron chi connectivity index (χ1n) is 6.32. The molecule has 0 unspecified atom stereocenters. The normalized spacial score (nSPS) is 11.0. The molecular formula is C14H19N3O3S. The van der Waals surface area contributed by atoms with E-state index in [2.05, 4.69) is 22.7 Å². The molecule has 7 heteroatoms. The third kappa shape index (κ3) is 6.13. The van der Waals surface area contributed by atoms with Gasteiger partial charge in [0.2, 0.25) is 0 Å². The molecule has 0 bridgehead atoms. The molecule has 1 aromatic carbocycles. The second-order valence-electron chi connectivity index (χ2n) is 4.05. The molecule has 3 N–H and O–H groups in total. The third-order valence-electron chi connectivity index (χ3n) is 2.43. The number of carbonyl (C=O) groups excluding carboxylic acids is 1. The molecule has 1 aromatic rings. The Hall–Kier alpha value is -2.28. The fraction of sp³-hybridized carbons (Fsp3) is 0.286. The van der Waals surface area contributed by atoms with Crippen LogP contribution in [0.4, 0.5) is 0 Å². The first-order chi connectivity index (χ1) is 10.1. The maximum absolute atomic E-state index is 11.8. The summed E-state index contributed by atoms with van der Waals surface area (Å²) in [5.74, 6) is 0.859. The van der Waals surface area contributed by atoms with Crippen molar-refractivity contribution < 1.29 is 14.3 Å². The number of ether oxygens (including phenoxy) is 2. The molecule has 21 heavy (non-hydrogen) atoms. The van der Waals surface area contributed by atoms with Crippen LogP contribution in [-0.2, 0) is 4.79 Å². The highest BCUT2D eigenvalue weighted by molar-refractivity contribution is 7.80. The molecule has 1 amide bonds. The Morgan fingerprint density at radius 2 is 2.14 bits per heavy atom. The fourth-order valence-electron chi connectivity index (χ4n) is 1.36. The van der Waals surface area contributed by atoms with Gasteiger partial charge >= 0.3 is 0 Å². The lowest BCUT2D eigenvalue weighted by Gasteiger charge is -2.16. The van der Waals surface area contributed by atoms with Gasteiger partial charge in [0.25, 0.3) is 5.91 Å². The van der Waals surface area contributed by atoms with Crippen molar-refractivity contribution in [3.8, 4) is 11.5 Å². The van der Waals surface area contributed by atoms with Crippen LogP contribution in [0.3, 0.4) is 0 Å². The summed E-state index contributed by atoms with van der Waals surface area (Å²) in [6.07, 6.45) is 0.969. The molecule has 0 saturated carbocycles. The highest BCUT2D eigenvalue weighted by Crippen LogP contribution is 2.19. The number of thiocarbonyl (C=S) groups is 1. The maximum atomic E-state index is 11.8. The predicted octanol–water partition coefficient (Wildman–Crippen LogP) is 1.14. The highest BCUT2D eigenvalue weighted by atomic mass is 32.1. The zero-order valence-electron chi connectivity index (χ0n) is 12.0. The fourth-order valence-corrected chi connectivity index (χ4v) is 1.50. The van der Waals surface area contributed by atoms with Crippen LogP contribution < -0.4 is 25.6 Å².